The third-order valence-electron chi connectivity index (χ3n) is 4.35. The van der Waals surface area contributed by atoms with Gasteiger partial charge in [0, 0.05) is 22.2 Å². The summed E-state index contributed by atoms with van der Waals surface area (Å²) in [4.78, 5) is 32.2. The number of aromatic hydroxyl groups is 1. The average molecular weight is 445 g/mol. The molecule has 1 heterocycles. The second-order valence-corrected chi connectivity index (χ2v) is 6.88. The van der Waals surface area contributed by atoms with Gasteiger partial charge in [0.15, 0.2) is 11.5 Å². The SMILES string of the molecule is CCOC(=O)CNC(=O)Cc1ccc(Cl)cc1Nc1ncnc2cc(OC)c(O)cc12. The van der Waals surface area contributed by atoms with Crippen LogP contribution in [0.2, 0.25) is 5.02 Å². The number of fused-ring (bicyclic) bond motifs is 1. The van der Waals surface area contributed by atoms with Gasteiger partial charge in [-0.05, 0) is 30.7 Å². The fourth-order valence-corrected chi connectivity index (χ4v) is 3.07. The number of ether oxygens (including phenoxy) is 2. The van der Waals surface area contributed by atoms with Crippen molar-refractivity contribution in [3.05, 3.63) is 47.2 Å². The standard InChI is InChI=1S/C21H21ClN4O5/c1-3-31-20(29)10-23-19(28)6-12-4-5-13(22)7-15(12)26-21-14-8-17(27)18(30-2)9-16(14)24-11-25-21/h4-5,7-9,11,27H,3,6,10H2,1-2H3,(H,23,28)(H,24,25,26). The number of anilines is 2. The molecule has 0 bridgehead atoms. The molecular weight excluding hydrogens is 424 g/mol. The number of carbonyl (C=O) groups is 2. The number of halogens is 1. The highest BCUT2D eigenvalue weighted by Crippen LogP contribution is 2.34. The number of amides is 1. The molecular formula is C21H21ClN4O5. The van der Waals surface area contributed by atoms with E-state index in [-0.39, 0.29) is 31.2 Å². The number of aromatic nitrogens is 2. The lowest BCUT2D eigenvalue weighted by atomic mass is 10.1. The van der Waals surface area contributed by atoms with Crippen LogP contribution in [0.3, 0.4) is 0 Å². The first-order chi connectivity index (χ1) is 14.9. The Bertz CT molecular complexity index is 1120. The van der Waals surface area contributed by atoms with Gasteiger partial charge in [-0.1, -0.05) is 17.7 Å². The van der Waals surface area contributed by atoms with Gasteiger partial charge in [-0.25, -0.2) is 9.97 Å². The Kier molecular flexibility index (Phi) is 7.09. The molecule has 1 aromatic heterocycles. The summed E-state index contributed by atoms with van der Waals surface area (Å²) in [6, 6.07) is 8.12. The normalized spacial score (nSPS) is 10.5. The summed E-state index contributed by atoms with van der Waals surface area (Å²) in [5.74, 6) is -0.212. The van der Waals surface area contributed by atoms with E-state index < -0.39 is 5.97 Å². The maximum atomic E-state index is 12.3. The second kappa shape index (κ2) is 9.94. The van der Waals surface area contributed by atoms with Crippen molar-refractivity contribution in [3.8, 4) is 11.5 Å². The molecule has 3 aromatic rings. The van der Waals surface area contributed by atoms with E-state index in [4.69, 9.17) is 21.1 Å². The van der Waals surface area contributed by atoms with E-state index in [9.17, 15) is 14.7 Å². The highest BCUT2D eigenvalue weighted by atomic mass is 35.5. The zero-order chi connectivity index (χ0) is 22.4. The number of nitrogens with zero attached hydrogens (tertiary/aromatic N) is 2. The summed E-state index contributed by atoms with van der Waals surface area (Å²) < 4.78 is 9.92. The van der Waals surface area contributed by atoms with Crippen molar-refractivity contribution in [1.82, 2.24) is 15.3 Å². The highest BCUT2D eigenvalue weighted by Gasteiger charge is 2.14. The van der Waals surface area contributed by atoms with Crippen molar-refractivity contribution in [3.63, 3.8) is 0 Å². The van der Waals surface area contributed by atoms with Crippen molar-refractivity contribution >= 4 is 45.9 Å². The third-order valence-corrected chi connectivity index (χ3v) is 4.58. The lowest BCUT2D eigenvalue weighted by molar-refractivity contribution is -0.143. The molecule has 10 heteroatoms. The molecule has 3 rings (SSSR count). The lowest BCUT2D eigenvalue weighted by Crippen LogP contribution is -2.31. The number of phenols is 1. The maximum Gasteiger partial charge on any atom is 0.325 e. The number of rotatable bonds is 8. The second-order valence-electron chi connectivity index (χ2n) is 6.45. The van der Waals surface area contributed by atoms with E-state index in [1.807, 2.05) is 0 Å². The summed E-state index contributed by atoms with van der Waals surface area (Å²) in [6.07, 6.45) is 1.37. The van der Waals surface area contributed by atoms with Crippen LogP contribution in [-0.2, 0) is 20.7 Å². The van der Waals surface area contributed by atoms with Gasteiger partial charge in [-0.2, -0.15) is 0 Å². The van der Waals surface area contributed by atoms with Crippen LogP contribution in [0, 0.1) is 0 Å². The Balaban J connectivity index is 1.85. The van der Waals surface area contributed by atoms with Crippen LogP contribution in [0.25, 0.3) is 10.9 Å². The summed E-state index contributed by atoms with van der Waals surface area (Å²) >= 11 is 6.15. The van der Waals surface area contributed by atoms with Crippen molar-refractivity contribution in [1.29, 1.82) is 0 Å². The molecule has 0 radical (unpaired) electrons. The van der Waals surface area contributed by atoms with Crippen LogP contribution in [0.1, 0.15) is 12.5 Å². The van der Waals surface area contributed by atoms with Crippen molar-refractivity contribution in [2.24, 2.45) is 0 Å². The molecule has 0 saturated carbocycles. The minimum atomic E-state index is -0.506. The monoisotopic (exact) mass is 444 g/mol. The Hall–Kier alpha value is -3.59. The molecule has 162 valence electrons. The first-order valence-electron chi connectivity index (χ1n) is 9.40. The third kappa shape index (κ3) is 5.52. The molecule has 2 aromatic carbocycles. The number of carbonyl (C=O) groups excluding carboxylic acids is 2. The van der Waals surface area contributed by atoms with E-state index in [0.29, 0.717) is 38.7 Å². The number of nitrogens with one attached hydrogen (secondary N) is 2. The van der Waals surface area contributed by atoms with Crippen LogP contribution in [0.5, 0.6) is 11.5 Å². The zero-order valence-electron chi connectivity index (χ0n) is 16.9. The largest absolute Gasteiger partial charge is 0.504 e. The average Bonchev–Trinajstić information content (AvgIpc) is 2.74. The molecule has 31 heavy (non-hydrogen) atoms. The fraction of sp³-hybridized carbons (Fsp3) is 0.238. The number of hydrogen-bond acceptors (Lipinski definition) is 8. The van der Waals surface area contributed by atoms with Crippen LogP contribution in [-0.4, -0.2) is 47.2 Å². The number of methoxy groups -OCH3 is 1. The van der Waals surface area contributed by atoms with Gasteiger partial charge in [-0.3, -0.25) is 9.59 Å². The first kappa shape index (κ1) is 22.1. The minimum absolute atomic E-state index is 0.000988. The van der Waals surface area contributed by atoms with Gasteiger partial charge in [0.05, 0.1) is 25.7 Å². The van der Waals surface area contributed by atoms with Crippen molar-refractivity contribution < 1.29 is 24.2 Å². The molecule has 0 fully saturated rings. The van der Waals surface area contributed by atoms with Crippen LogP contribution < -0.4 is 15.4 Å². The smallest absolute Gasteiger partial charge is 0.325 e. The number of phenolic OH excluding ortho intramolecular Hbond substituents is 1. The van der Waals surface area contributed by atoms with Gasteiger partial charge in [0.25, 0.3) is 0 Å². The predicted octanol–water partition coefficient (Wildman–Crippen LogP) is 2.96. The first-order valence-corrected chi connectivity index (χ1v) is 9.78. The van der Waals surface area contributed by atoms with Gasteiger partial charge in [0.2, 0.25) is 5.91 Å². The number of benzene rings is 2. The van der Waals surface area contributed by atoms with Crippen LogP contribution >= 0.6 is 11.6 Å². The topological polar surface area (TPSA) is 123 Å². The predicted molar refractivity (Wildman–Crippen MR) is 116 cm³/mol. The van der Waals surface area contributed by atoms with E-state index in [1.165, 1.54) is 19.5 Å². The maximum absolute atomic E-state index is 12.3. The van der Waals surface area contributed by atoms with Crippen molar-refractivity contribution in [2.75, 3.05) is 25.6 Å². The molecule has 3 N–H and O–H groups in total. The molecule has 0 spiro atoms. The molecule has 0 aliphatic heterocycles. The molecule has 0 unspecified atom stereocenters. The minimum Gasteiger partial charge on any atom is -0.504 e. The van der Waals surface area contributed by atoms with E-state index >= 15 is 0 Å². The summed E-state index contributed by atoms with van der Waals surface area (Å²) in [6.45, 7) is 1.73. The molecule has 0 aliphatic rings. The lowest BCUT2D eigenvalue weighted by Gasteiger charge is -2.14. The Labute approximate surface area is 183 Å². The molecule has 1 amide bonds. The molecule has 9 nitrogen and oxygen atoms in total. The van der Waals surface area contributed by atoms with Gasteiger partial charge < -0.3 is 25.2 Å². The summed E-state index contributed by atoms with van der Waals surface area (Å²) in [7, 11) is 1.45. The molecule has 0 atom stereocenters. The van der Waals surface area contributed by atoms with Gasteiger partial charge in [0.1, 0.15) is 18.7 Å². The quantitative estimate of drug-likeness (QED) is 0.453. The van der Waals surface area contributed by atoms with E-state index in [2.05, 4.69) is 20.6 Å². The Morgan fingerprint density at radius 1 is 1.19 bits per heavy atom. The van der Waals surface area contributed by atoms with Crippen molar-refractivity contribution in [2.45, 2.75) is 13.3 Å². The zero-order valence-corrected chi connectivity index (χ0v) is 17.7. The summed E-state index contributed by atoms with van der Waals surface area (Å²) in [5, 5.41) is 16.8. The van der Waals surface area contributed by atoms with Gasteiger partial charge in [-0.15, -0.1) is 0 Å². The van der Waals surface area contributed by atoms with Gasteiger partial charge >= 0.3 is 5.97 Å². The fourth-order valence-electron chi connectivity index (χ4n) is 2.90. The highest BCUT2D eigenvalue weighted by molar-refractivity contribution is 6.31. The molecule has 0 aliphatic carbocycles. The van der Waals surface area contributed by atoms with Crippen LogP contribution in [0.4, 0.5) is 11.5 Å². The van der Waals surface area contributed by atoms with E-state index in [1.54, 1.807) is 31.2 Å². The number of hydrogen-bond donors (Lipinski definition) is 3. The Morgan fingerprint density at radius 3 is 2.74 bits per heavy atom. The molecule has 0 saturated heterocycles. The summed E-state index contributed by atoms with van der Waals surface area (Å²) in [5.41, 5.74) is 1.74. The Morgan fingerprint density at radius 2 is 2.00 bits per heavy atom. The van der Waals surface area contributed by atoms with E-state index in [0.717, 1.165) is 0 Å². The number of esters is 1. The van der Waals surface area contributed by atoms with Crippen LogP contribution in [0.15, 0.2) is 36.7 Å².